The van der Waals surface area contributed by atoms with Gasteiger partial charge in [0.1, 0.15) is 45.8 Å². The Labute approximate surface area is 243 Å². The van der Waals surface area contributed by atoms with Crippen LogP contribution in [0, 0.1) is 11.8 Å². The second kappa shape index (κ2) is 12.6. The molecular formula is C34H44N3O4+3. The molecule has 0 aromatic heterocycles. The van der Waals surface area contributed by atoms with Crippen molar-refractivity contribution in [2.24, 2.45) is 11.8 Å². The maximum Gasteiger partial charge on any atom is 0.307 e. The van der Waals surface area contributed by atoms with Gasteiger partial charge in [-0.2, -0.15) is 0 Å². The summed E-state index contributed by atoms with van der Waals surface area (Å²) in [5, 5.41) is 19.8. The van der Waals surface area contributed by atoms with Crippen molar-refractivity contribution >= 4 is 11.9 Å². The molecule has 0 aliphatic carbocycles. The Morgan fingerprint density at radius 1 is 0.634 bits per heavy atom. The molecule has 0 spiro atoms. The fourth-order valence-corrected chi connectivity index (χ4v) is 6.91. The number of piperazine rings is 3. The van der Waals surface area contributed by atoms with Gasteiger partial charge in [0, 0.05) is 12.0 Å². The second-order valence-electron chi connectivity index (χ2n) is 12.3. The lowest BCUT2D eigenvalue weighted by atomic mass is 9.82. The average molecular weight is 559 g/mol. The molecular weight excluding hydrogens is 514 g/mol. The van der Waals surface area contributed by atoms with Crippen LogP contribution in [0.2, 0.25) is 0 Å². The van der Waals surface area contributed by atoms with E-state index in [1.807, 2.05) is 54.6 Å². The molecule has 41 heavy (non-hydrogen) atoms. The van der Waals surface area contributed by atoms with Crippen LogP contribution in [0.15, 0.2) is 78.9 Å². The summed E-state index contributed by atoms with van der Waals surface area (Å²) < 4.78 is 2.52. The van der Waals surface area contributed by atoms with Crippen molar-refractivity contribution in [3.63, 3.8) is 0 Å². The summed E-state index contributed by atoms with van der Waals surface area (Å²) in [4.78, 5) is 24.2. The molecule has 3 saturated heterocycles. The van der Waals surface area contributed by atoms with Gasteiger partial charge in [0.25, 0.3) is 0 Å². The van der Waals surface area contributed by atoms with Crippen molar-refractivity contribution in [1.82, 2.24) is 0 Å². The van der Waals surface area contributed by atoms with Gasteiger partial charge in [0.2, 0.25) is 0 Å². The number of carboxylic acid groups (broad SMARTS) is 2. The van der Waals surface area contributed by atoms with Gasteiger partial charge in [-0.25, -0.2) is 0 Å². The number of benzene rings is 3. The summed E-state index contributed by atoms with van der Waals surface area (Å²) in [6.07, 6.45) is 1.60. The second-order valence-corrected chi connectivity index (χ2v) is 12.3. The molecule has 2 unspecified atom stereocenters. The zero-order valence-corrected chi connectivity index (χ0v) is 24.0. The highest BCUT2D eigenvalue weighted by Gasteiger charge is 2.48. The highest BCUT2D eigenvalue weighted by Crippen LogP contribution is 2.30. The number of rotatable bonds is 13. The monoisotopic (exact) mass is 558 g/mol. The smallest absolute Gasteiger partial charge is 0.307 e. The number of hydrogen-bond donors (Lipinski definition) is 3. The fourth-order valence-electron chi connectivity index (χ4n) is 6.91. The van der Waals surface area contributed by atoms with Gasteiger partial charge in [-0.1, -0.05) is 78.9 Å². The summed E-state index contributed by atoms with van der Waals surface area (Å²) >= 11 is 0. The number of aliphatic carboxylic acids is 2. The van der Waals surface area contributed by atoms with Gasteiger partial charge in [-0.3, -0.25) is 9.59 Å². The van der Waals surface area contributed by atoms with E-state index in [1.54, 1.807) is 0 Å². The summed E-state index contributed by atoms with van der Waals surface area (Å²) in [5.41, 5.74) is 9.27. The molecule has 0 saturated carbocycles. The number of nitrogens with zero attached hydrogens (tertiary/aromatic N) is 2. The highest BCUT2D eigenvalue weighted by molar-refractivity contribution is 5.80. The molecule has 3 heterocycles. The minimum absolute atomic E-state index is 0.174. The van der Waals surface area contributed by atoms with E-state index in [0.29, 0.717) is 0 Å². The van der Waals surface area contributed by atoms with Crippen LogP contribution in [-0.4, -0.2) is 83.5 Å². The molecule has 3 aromatic carbocycles. The summed E-state index contributed by atoms with van der Waals surface area (Å²) in [7, 11) is 0. The number of fused-ring (bicyclic) bond motifs is 3. The van der Waals surface area contributed by atoms with Crippen LogP contribution in [0.25, 0.3) is 11.1 Å². The normalized spacial score (nSPS) is 23.1. The molecule has 3 aromatic rings. The summed E-state index contributed by atoms with van der Waals surface area (Å²) in [5.74, 6) is -4.17. The molecule has 5 N–H and O–H groups in total. The van der Waals surface area contributed by atoms with Crippen molar-refractivity contribution < 1.29 is 34.5 Å². The third kappa shape index (κ3) is 6.87. The van der Waals surface area contributed by atoms with Crippen molar-refractivity contribution in [3.05, 3.63) is 95.6 Å². The molecule has 7 heteroatoms. The Balaban J connectivity index is 1.21. The maximum atomic E-state index is 12.1. The average Bonchev–Trinajstić information content (AvgIpc) is 3.00. The first kappa shape index (κ1) is 29.0. The topological polar surface area (TPSA) is 102 Å². The standard InChI is InChI=1S/C34H41N3O4/c35-15-4-16-36-17-20-37(21-18-36,22-19-36)25-28-9-13-30(14-10-28)29-11-7-27(8-12-29)24-32(34(40)41)31(33(38)39)23-26-5-2-1-3-6-26/h1-3,5-14,31-32H,4,15-25,35H2/p+3. The van der Waals surface area contributed by atoms with Crippen LogP contribution in [0.4, 0.5) is 0 Å². The number of hydrogen-bond acceptors (Lipinski definition) is 2. The summed E-state index contributed by atoms with van der Waals surface area (Å²) in [6.45, 7) is 11.1. The third-order valence-electron chi connectivity index (χ3n) is 9.66. The molecule has 6 rings (SSSR count). The quantitative estimate of drug-likeness (QED) is 0.280. The predicted octanol–water partition coefficient (Wildman–Crippen LogP) is 3.33. The largest absolute Gasteiger partial charge is 0.481 e. The molecule has 0 amide bonds. The minimum Gasteiger partial charge on any atom is -0.481 e. The maximum absolute atomic E-state index is 12.1. The lowest BCUT2D eigenvalue weighted by Gasteiger charge is -2.55. The van der Waals surface area contributed by atoms with Crippen LogP contribution in [0.5, 0.6) is 0 Å². The Kier molecular flexibility index (Phi) is 8.88. The predicted molar refractivity (Wildman–Crippen MR) is 159 cm³/mol. The van der Waals surface area contributed by atoms with Gasteiger partial charge in [0.15, 0.2) is 0 Å². The Bertz CT molecular complexity index is 1300. The van der Waals surface area contributed by atoms with Crippen molar-refractivity contribution in [1.29, 1.82) is 0 Å². The van der Waals surface area contributed by atoms with E-state index in [0.717, 1.165) is 35.3 Å². The van der Waals surface area contributed by atoms with E-state index in [-0.39, 0.29) is 12.8 Å². The van der Waals surface area contributed by atoms with Crippen LogP contribution >= 0.6 is 0 Å². The van der Waals surface area contributed by atoms with Gasteiger partial charge in [0.05, 0.1) is 24.9 Å². The van der Waals surface area contributed by atoms with Gasteiger partial charge >= 0.3 is 11.9 Å². The van der Waals surface area contributed by atoms with Crippen LogP contribution in [-0.2, 0) is 29.0 Å². The highest BCUT2D eigenvalue weighted by atomic mass is 16.4. The van der Waals surface area contributed by atoms with E-state index in [4.69, 9.17) is 0 Å². The van der Waals surface area contributed by atoms with E-state index < -0.39 is 23.8 Å². The molecule has 0 radical (unpaired) electrons. The molecule has 3 aliphatic rings. The SMILES string of the molecule is [NH3+]CCC[N+]12CC[N+](Cc3ccc(-c4ccc(CC(C(=O)O)C(Cc5ccccc5)C(=O)O)cc4)cc3)(CC1)CC2. The Morgan fingerprint density at radius 2 is 1.07 bits per heavy atom. The van der Waals surface area contributed by atoms with Crippen molar-refractivity contribution in [2.45, 2.75) is 25.8 Å². The van der Waals surface area contributed by atoms with Gasteiger partial charge in [-0.05, 0) is 35.1 Å². The minimum atomic E-state index is -1.08. The van der Waals surface area contributed by atoms with E-state index in [2.05, 4.69) is 30.0 Å². The van der Waals surface area contributed by atoms with E-state index in [1.165, 1.54) is 66.8 Å². The van der Waals surface area contributed by atoms with Crippen molar-refractivity contribution in [2.75, 3.05) is 52.4 Å². The fraction of sp³-hybridized carbons (Fsp3) is 0.412. The molecule has 7 nitrogen and oxygen atoms in total. The Hall–Kier alpha value is -3.52. The summed E-state index contributed by atoms with van der Waals surface area (Å²) in [6, 6.07) is 26.0. The molecule has 216 valence electrons. The zero-order valence-electron chi connectivity index (χ0n) is 24.0. The van der Waals surface area contributed by atoms with Crippen molar-refractivity contribution in [3.8, 4) is 11.1 Å². The first-order chi connectivity index (χ1) is 19.8. The molecule has 2 atom stereocenters. The molecule has 3 fully saturated rings. The van der Waals surface area contributed by atoms with E-state index >= 15 is 0 Å². The molecule has 2 bridgehead atoms. The Morgan fingerprint density at radius 3 is 1.54 bits per heavy atom. The number of carboxylic acids is 2. The molecule has 3 aliphatic heterocycles. The first-order valence-electron chi connectivity index (χ1n) is 15.0. The lowest BCUT2D eigenvalue weighted by molar-refractivity contribution is -1.09. The van der Waals surface area contributed by atoms with Crippen LogP contribution in [0.3, 0.4) is 0 Å². The number of carbonyl (C=O) groups is 2. The third-order valence-corrected chi connectivity index (χ3v) is 9.66. The number of quaternary nitrogens is 3. The first-order valence-corrected chi connectivity index (χ1v) is 15.0. The van der Waals surface area contributed by atoms with Gasteiger partial charge in [-0.15, -0.1) is 0 Å². The van der Waals surface area contributed by atoms with Gasteiger partial charge < -0.3 is 24.9 Å². The lowest BCUT2D eigenvalue weighted by Crippen LogP contribution is -2.74. The van der Waals surface area contributed by atoms with Crippen LogP contribution < -0.4 is 5.73 Å². The van der Waals surface area contributed by atoms with Crippen LogP contribution in [0.1, 0.15) is 23.1 Å². The zero-order chi connectivity index (χ0) is 28.9. The van der Waals surface area contributed by atoms with E-state index in [9.17, 15) is 19.8 Å².